The summed E-state index contributed by atoms with van der Waals surface area (Å²) in [5.74, 6) is -1.12. The van der Waals surface area contributed by atoms with Gasteiger partial charge in [0.15, 0.2) is 6.10 Å². The van der Waals surface area contributed by atoms with Crippen LogP contribution in [0.25, 0.3) is 0 Å². The largest absolute Gasteiger partial charge is 0.467 e. The second-order valence-electron chi connectivity index (χ2n) is 4.81. The number of nitrogens with one attached hydrogen (secondary N) is 1. The van der Waals surface area contributed by atoms with Gasteiger partial charge in [0.05, 0.1) is 18.4 Å². The van der Waals surface area contributed by atoms with E-state index < -0.39 is 23.8 Å². The molecular weight excluding hydrogens is 289 g/mol. The highest BCUT2D eigenvalue weighted by Crippen LogP contribution is 2.11. The minimum Gasteiger partial charge on any atom is -0.467 e. The topological polar surface area (TPSA) is 68.5 Å². The number of aryl methyl sites for hydroxylation is 1. The van der Waals surface area contributed by atoms with E-state index in [-0.39, 0.29) is 12.1 Å². The number of halogens is 1. The Labute approximate surface area is 127 Å². The van der Waals surface area contributed by atoms with Crippen LogP contribution in [0, 0.1) is 12.7 Å². The van der Waals surface area contributed by atoms with Crippen molar-refractivity contribution < 1.29 is 23.1 Å². The quantitative estimate of drug-likeness (QED) is 0.862. The zero-order valence-corrected chi connectivity index (χ0v) is 12.3. The van der Waals surface area contributed by atoms with Crippen molar-refractivity contribution in [2.75, 3.05) is 0 Å². The fourth-order valence-corrected chi connectivity index (χ4v) is 1.73. The van der Waals surface area contributed by atoms with Gasteiger partial charge in [0.25, 0.3) is 5.91 Å². The molecule has 0 saturated carbocycles. The number of amides is 1. The van der Waals surface area contributed by atoms with Crippen LogP contribution in [0.1, 0.15) is 28.6 Å². The van der Waals surface area contributed by atoms with Crippen LogP contribution in [0.15, 0.2) is 41.0 Å². The van der Waals surface area contributed by atoms with Gasteiger partial charge in [-0.1, -0.05) is 6.07 Å². The minimum absolute atomic E-state index is 0.0637. The number of furan rings is 1. The smallest absolute Gasteiger partial charge is 0.339 e. The van der Waals surface area contributed by atoms with Crippen LogP contribution in [0.3, 0.4) is 0 Å². The molecule has 2 rings (SSSR count). The van der Waals surface area contributed by atoms with E-state index in [9.17, 15) is 14.0 Å². The monoisotopic (exact) mass is 305 g/mol. The summed E-state index contributed by atoms with van der Waals surface area (Å²) in [5.41, 5.74) is 0.495. The molecule has 0 saturated heterocycles. The molecule has 1 heterocycles. The van der Waals surface area contributed by atoms with Crippen molar-refractivity contribution in [2.45, 2.75) is 26.5 Å². The van der Waals surface area contributed by atoms with Crippen LogP contribution < -0.4 is 5.32 Å². The SMILES string of the molecule is Cc1ccc(C(=O)O[C@@H](C)C(=O)NCc2ccco2)cc1F. The van der Waals surface area contributed by atoms with Gasteiger partial charge in [0, 0.05) is 0 Å². The van der Waals surface area contributed by atoms with Gasteiger partial charge >= 0.3 is 5.97 Å². The molecule has 0 fully saturated rings. The van der Waals surface area contributed by atoms with Crippen molar-refractivity contribution in [3.8, 4) is 0 Å². The fraction of sp³-hybridized carbons (Fsp3) is 0.250. The van der Waals surface area contributed by atoms with Gasteiger partial charge in [0.2, 0.25) is 0 Å². The molecule has 0 aliphatic carbocycles. The van der Waals surface area contributed by atoms with Gasteiger partial charge in [-0.05, 0) is 43.7 Å². The van der Waals surface area contributed by atoms with Crippen molar-refractivity contribution in [3.63, 3.8) is 0 Å². The van der Waals surface area contributed by atoms with Crippen LogP contribution in [0.5, 0.6) is 0 Å². The van der Waals surface area contributed by atoms with E-state index in [4.69, 9.17) is 9.15 Å². The minimum atomic E-state index is -0.994. The molecule has 116 valence electrons. The maximum atomic E-state index is 13.4. The molecule has 0 bridgehead atoms. The average molecular weight is 305 g/mol. The van der Waals surface area contributed by atoms with E-state index in [2.05, 4.69) is 5.32 Å². The predicted molar refractivity (Wildman–Crippen MR) is 76.6 cm³/mol. The highest BCUT2D eigenvalue weighted by molar-refractivity contribution is 5.92. The number of benzene rings is 1. The molecule has 6 heteroatoms. The Kier molecular flexibility index (Phi) is 4.93. The third-order valence-electron chi connectivity index (χ3n) is 3.08. The zero-order chi connectivity index (χ0) is 16.1. The van der Waals surface area contributed by atoms with Crippen molar-refractivity contribution in [2.24, 2.45) is 0 Å². The number of carbonyl (C=O) groups excluding carboxylic acids is 2. The van der Waals surface area contributed by atoms with Crippen molar-refractivity contribution in [1.29, 1.82) is 0 Å². The van der Waals surface area contributed by atoms with Gasteiger partial charge in [-0.2, -0.15) is 0 Å². The summed E-state index contributed by atoms with van der Waals surface area (Å²) in [5, 5.41) is 2.58. The van der Waals surface area contributed by atoms with Crippen LogP contribution >= 0.6 is 0 Å². The molecule has 1 amide bonds. The molecule has 22 heavy (non-hydrogen) atoms. The molecule has 1 aromatic heterocycles. The first-order chi connectivity index (χ1) is 10.5. The molecular formula is C16H16FNO4. The third-order valence-corrected chi connectivity index (χ3v) is 3.08. The molecule has 0 radical (unpaired) electrons. The Morgan fingerprint density at radius 2 is 2.14 bits per heavy atom. The number of hydrogen-bond acceptors (Lipinski definition) is 4. The fourth-order valence-electron chi connectivity index (χ4n) is 1.73. The third kappa shape index (κ3) is 3.94. The molecule has 1 atom stereocenters. The summed E-state index contributed by atoms with van der Waals surface area (Å²) in [6, 6.07) is 7.44. The zero-order valence-electron chi connectivity index (χ0n) is 12.3. The number of carbonyl (C=O) groups is 2. The van der Waals surface area contributed by atoms with E-state index in [1.165, 1.54) is 25.3 Å². The predicted octanol–water partition coefficient (Wildman–Crippen LogP) is 2.59. The summed E-state index contributed by atoms with van der Waals surface area (Å²) in [4.78, 5) is 23.7. The normalized spacial score (nSPS) is 11.8. The van der Waals surface area contributed by atoms with E-state index in [0.717, 1.165) is 6.07 Å². The summed E-state index contributed by atoms with van der Waals surface area (Å²) in [7, 11) is 0. The Morgan fingerprint density at radius 3 is 2.77 bits per heavy atom. The first-order valence-corrected chi connectivity index (χ1v) is 6.74. The molecule has 5 nitrogen and oxygen atoms in total. The number of rotatable bonds is 5. The van der Waals surface area contributed by atoms with Gasteiger partial charge < -0.3 is 14.5 Å². The van der Waals surface area contributed by atoms with E-state index >= 15 is 0 Å². The summed E-state index contributed by atoms with van der Waals surface area (Å²) < 4.78 is 23.5. The lowest BCUT2D eigenvalue weighted by molar-refractivity contribution is -0.129. The van der Waals surface area contributed by atoms with Crippen LogP contribution in [-0.4, -0.2) is 18.0 Å². The first-order valence-electron chi connectivity index (χ1n) is 6.74. The van der Waals surface area contributed by atoms with Crippen molar-refractivity contribution >= 4 is 11.9 Å². The number of ether oxygens (including phenoxy) is 1. The van der Waals surface area contributed by atoms with Crippen molar-refractivity contribution in [1.82, 2.24) is 5.32 Å². The highest BCUT2D eigenvalue weighted by atomic mass is 19.1. The maximum Gasteiger partial charge on any atom is 0.339 e. The van der Waals surface area contributed by atoms with Crippen LogP contribution in [-0.2, 0) is 16.1 Å². The Hall–Kier alpha value is -2.63. The molecule has 0 aliphatic heterocycles. The van der Waals surface area contributed by atoms with Gasteiger partial charge in [-0.25, -0.2) is 9.18 Å². The Bertz CT molecular complexity index is 667. The van der Waals surface area contributed by atoms with Gasteiger partial charge in [-0.3, -0.25) is 4.79 Å². The molecule has 2 aromatic rings. The van der Waals surface area contributed by atoms with Gasteiger partial charge in [0.1, 0.15) is 11.6 Å². The number of hydrogen-bond donors (Lipinski definition) is 1. The van der Waals surface area contributed by atoms with Crippen LogP contribution in [0.2, 0.25) is 0 Å². The summed E-state index contributed by atoms with van der Waals surface area (Å²) in [6.07, 6.45) is 0.503. The first kappa shape index (κ1) is 15.8. The summed E-state index contributed by atoms with van der Waals surface area (Å²) in [6.45, 7) is 3.24. The standard InChI is InChI=1S/C16H16FNO4/c1-10-5-6-12(8-14(10)17)16(20)22-11(2)15(19)18-9-13-4-3-7-21-13/h3-8,11H,9H2,1-2H3,(H,18,19)/t11-/m0/s1. The highest BCUT2D eigenvalue weighted by Gasteiger charge is 2.19. The molecule has 1 aromatic carbocycles. The lowest BCUT2D eigenvalue weighted by Gasteiger charge is -2.13. The summed E-state index contributed by atoms with van der Waals surface area (Å²) >= 11 is 0. The molecule has 0 spiro atoms. The number of esters is 1. The van der Waals surface area contributed by atoms with E-state index in [0.29, 0.717) is 11.3 Å². The lowest BCUT2D eigenvalue weighted by Crippen LogP contribution is -2.35. The molecule has 1 N–H and O–H groups in total. The van der Waals surface area contributed by atoms with Gasteiger partial charge in [-0.15, -0.1) is 0 Å². The van der Waals surface area contributed by atoms with E-state index in [1.807, 2.05) is 0 Å². The second kappa shape index (κ2) is 6.89. The Balaban J connectivity index is 1.89. The van der Waals surface area contributed by atoms with Crippen LogP contribution in [0.4, 0.5) is 4.39 Å². The second-order valence-corrected chi connectivity index (χ2v) is 4.81. The average Bonchev–Trinajstić information content (AvgIpc) is 3.00. The maximum absolute atomic E-state index is 13.4. The Morgan fingerprint density at radius 1 is 1.36 bits per heavy atom. The molecule has 0 aliphatic rings. The van der Waals surface area contributed by atoms with E-state index in [1.54, 1.807) is 19.1 Å². The lowest BCUT2D eigenvalue weighted by atomic mass is 10.1. The van der Waals surface area contributed by atoms with Crippen molar-refractivity contribution in [3.05, 3.63) is 59.3 Å². The molecule has 0 unspecified atom stereocenters.